The first-order valence-corrected chi connectivity index (χ1v) is 8.28. The zero-order valence-electron chi connectivity index (χ0n) is 13.4. The second-order valence-electron chi connectivity index (χ2n) is 6.29. The lowest BCUT2D eigenvalue weighted by molar-refractivity contribution is -0.121. The summed E-state index contributed by atoms with van der Waals surface area (Å²) in [7, 11) is 0. The van der Waals surface area contributed by atoms with Gasteiger partial charge in [0.2, 0.25) is 5.91 Å². The minimum Gasteiger partial charge on any atom is -0.349 e. The Morgan fingerprint density at radius 2 is 1.87 bits per heavy atom. The fraction of sp³-hybridized carbons (Fsp3) is 0.350. The van der Waals surface area contributed by atoms with Gasteiger partial charge in [-0.2, -0.15) is 0 Å². The van der Waals surface area contributed by atoms with Gasteiger partial charge in [-0.1, -0.05) is 36.4 Å². The van der Waals surface area contributed by atoms with Crippen LogP contribution >= 0.6 is 0 Å². The minimum absolute atomic E-state index is 0.0681. The van der Waals surface area contributed by atoms with Crippen LogP contribution in [0.15, 0.2) is 42.5 Å². The second-order valence-corrected chi connectivity index (χ2v) is 6.29. The number of fused-ring (bicyclic) bond motifs is 1. The van der Waals surface area contributed by atoms with Crippen LogP contribution in [-0.4, -0.2) is 5.91 Å². The number of carbonyl (C=O) groups is 1. The summed E-state index contributed by atoms with van der Waals surface area (Å²) in [4.78, 5) is 12.2. The molecule has 0 fully saturated rings. The topological polar surface area (TPSA) is 29.1 Å². The summed E-state index contributed by atoms with van der Waals surface area (Å²) in [6, 6.07) is 12.8. The van der Waals surface area contributed by atoms with Crippen molar-refractivity contribution in [3.05, 3.63) is 70.5 Å². The Morgan fingerprint density at radius 3 is 2.65 bits per heavy atom. The maximum Gasteiger partial charge on any atom is 0.225 e. The van der Waals surface area contributed by atoms with Gasteiger partial charge in [-0.05, 0) is 60.9 Å². The zero-order chi connectivity index (χ0) is 16.2. The molecule has 1 atom stereocenters. The lowest BCUT2D eigenvalue weighted by atomic mass is 9.89. The number of hydrogen-bond acceptors (Lipinski definition) is 1. The van der Waals surface area contributed by atoms with Crippen LogP contribution in [0.5, 0.6) is 0 Å². The van der Waals surface area contributed by atoms with Crippen LogP contribution in [-0.2, 0) is 24.1 Å². The molecular weight excluding hydrogens is 289 g/mol. The molecule has 0 spiro atoms. The first-order chi connectivity index (χ1) is 11.1. The van der Waals surface area contributed by atoms with Crippen molar-refractivity contribution in [1.82, 2.24) is 5.32 Å². The third kappa shape index (κ3) is 3.79. The van der Waals surface area contributed by atoms with Crippen molar-refractivity contribution >= 4 is 5.91 Å². The molecular formula is C20H22FNO. The molecule has 23 heavy (non-hydrogen) atoms. The highest BCUT2D eigenvalue weighted by atomic mass is 19.1. The number of aryl methyl sites for hydroxylation is 2. The van der Waals surface area contributed by atoms with E-state index in [0.29, 0.717) is 5.56 Å². The molecule has 2 aromatic carbocycles. The number of amides is 1. The number of carbonyl (C=O) groups excluding carboxylic acids is 1. The molecule has 0 radical (unpaired) electrons. The Bertz CT molecular complexity index is 711. The van der Waals surface area contributed by atoms with E-state index in [-0.39, 0.29) is 24.2 Å². The maximum atomic E-state index is 13.6. The molecule has 0 saturated heterocycles. The molecule has 0 heterocycles. The first-order valence-electron chi connectivity index (χ1n) is 8.28. The molecule has 3 heteroatoms. The van der Waals surface area contributed by atoms with Crippen molar-refractivity contribution < 1.29 is 9.18 Å². The Kier molecular flexibility index (Phi) is 4.75. The molecule has 2 nitrogen and oxygen atoms in total. The van der Waals surface area contributed by atoms with E-state index in [4.69, 9.17) is 0 Å². The van der Waals surface area contributed by atoms with Gasteiger partial charge in [-0.25, -0.2) is 4.39 Å². The van der Waals surface area contributed by atoms with Crippen LogP contribution in [0.3, 0.4) is 0 Å². The van der Waals surface area contributed by atoms with E-state index in [2.05, 4.69) is 23.5 Å². The largest absolute Gasteiger partial charge is 0.349 e. The van der Waals surface area contributed by atoms with E-state index in [1.807, 2.05) is 6.92 Å². The van der Waals surface area contributed by atoms with Gasteiger partial charge < -0.3 is 5.32 Å². The average molecular weight is 311 g/mol. The summed E-state index contributed by atoms with van der Waals surface area (Å²) < 4.78 is 13.6. The predicted molar refractivity (Wildman–Crippen MR) is 89.7 cm³/mol. The lowest BCUT2D eigenvalue weighted by Gasteiger charge is -2.20. The summed E-state index contributed by atoms with van der Waals surface area (Å²) in [5.41, 5.74) is 4.39. The fourth-order valence-electron chi connectivity index (χ4n) is 3.21. The normalized spacial score (nSPS) is 14.9. The summed E-state index contributed by atoms with van der Waals surface area (Å²) in [5, 5.41) is 2.97. The Hall–Kier alpha value is -2.16. The molecule has 0 bridgehead atoms. The molecule has 0 unspecified atom stereocenters. The van der Waals surface area contributed by atoms with E-state index in [1.165, 1.54) is 30.0 Å². The molecule has 0 saturated carbocycles. The van der Waals surface area contributed by atoms with Gasteiger partial charge >= 0.3 is 0 Å². The third-order valence-corrected chi connectivity index (χ3v) is 4.56. The average Bonchev–Trinajstić information content (AvgIpc) is 2.56. The highest BCUT2D eigenvalue weighted by Gasteiger charge is 2.15. The molecule has 0 aromatic heterocycles. The van der Waals surface area contributed by atoms with Crippen LogP contribution in [0.2, 0.25) is 0 Å². The summed E-state index contributed by atoms with van der Waals surface area (Å²) in [5.74, 6) is -0.482. The standard InChI is InChI=1S/C20H22FNO/c1-14(16-11-10-15-6-2-3-7-17(15)12-16)22-20(23)13-18-8-4-5-9-19(18)21/h4-5,8-12,14H,2-3,6-7,13H2,1H3,(H,22,23)/t14-/m0/s1. The summed E-state index contributed by atoms with van der Waals surface area (Å²) in [6.07, 6.45) is 4.86. The molecule has 0 aliphatic heterocycles. The quantitative estimate of drug-likeness (QED) is 0.904. The number of hydrogen-bond donors (Lipinski definition) is 1. The zero-order valence-corrected chi connectivity index (χ0v) is 13.4. The second kappa shape index (κ2) is 6.95. The van der Waals surface area contributed by atoms with Gasteiger partial charge in [0.05, 0.1) is 12.5 Å². The van der Waals surface area contributed by atoms with Crippen LogP contribution < -0.4 is 5.32 Å². The van der Waals surface area contributed by atoms with Gasteiger partial charge in [-0.15, -0.1) is 0 Å². The van der Waals surface area contributed by atoms with Gasteiger partial charge in [0.15, 0.2) is 0 Å². The van der Waals surface area contributed by atoms with E-state index < -0.39 is 0 Å². The van der Waals surface area contributed by atoms with Gasteiger partial charge in [0.25, 0.3) is 0 Å². The first kappa shape index (κ1) is 15.7. The Morgan fingerprint density at radius 1 is 1.13 bits per heavy atom. The van der Waals surface area contributed by atoms with Crippen molar-refractivity contribution in [2.75, 3.05) is 0 Å². The molecule has 3 rings (SSSR count). The van der Waals surface area contributed by atoms with Crippen LogP contribution in [0, 0.1) is 5.82 Å². The highest BCUT2D eigenvalue weighted by Crippen LogP contribution is 2.24. The van der Waals surface area contributed by atoms with Crippen molar-refractivity contribution in [2.45, 2.75) is 45.1 Å². The third-order valence-electron chi connectivity index (χ3n) is 4.56. The predicted octanol–water partition coefficient (Wildman–Crippen LogP) is 4.12. The fourth-order valence-corrected chi connectivity index (χ4v) is 3.21. The maximum absolute atomic E-state index is 13.6. The molecule has 1 N–H and O–H groups in total. The molecule has 2 aromatic rings. The van der Waals surface area contributed by atoms with Crippen LogP contribution in [0.4, 0.5) is 4.39 Å². The van der Waals surface area contributed by atoms with Crippen molar-refractivity contribution in [3.8, 4) is 0 Å². The SMILES string of the molecule is C[C@H](NC(=O)Cc1ccccc1F)c1ccc2c(c1)CCCC2. The smallest absolute Gasteiger partial charge is 0.225 e. The number of halogens is 1. The summed E-state index contributed by atoms with van der Waals surface area (Å²) in [6.45, 7) is 1.98. The van der Waals surface area contributed by atoms with E-state index in [1.54, 1.807) is 18.2 Å². The lowest BCUT2D eigenvalue weighted by Crippen LogP contribution is -2.28. The van der Waals surface area contributed by atoms with E-state index >= 15 is 0 Å². The number of benzene rings is 2. The minimum atomic E-state index is -0.330. The van der Waals surface area contributed by atoms with Gasteiger partial charge in [-0.3, -0.25) is 4.79 Å². The van der Waals surface area contributed by atoms with Crippen molar-refractivity contribution in [1.29, 1.82) is 0 Å². The number of rotatable bonds is 4. The van der Waals surface area contributed by atoms with Crippen LogP contribution in [0.1, 0.15) is 48.1 Å². The van der Waals surface area contributed by atoms with Gasteiger partial charge in [0.1, 0.15) is 5.82 Å². The molecule has 1 amide bonds. The molecule has 1 aliphatic carbocycles. The highest BCUT2D eigenvalue weighted by molar-refractivity contribution is 5.79. The monoisotopic (exact) mass is 311 g/mol. The van der Waals surface area contributed by atoms with Crippen molar-refractivity contribution in [3.63, 3.8) is 0 Å². The van der Waals surface area contributed by atoms with E-state index in [9.17, 15) is 9.18 Å². The Balaban J connectivity index is 1.65. The molecule has 120 valence electrons. The number of nitrogens with one attached hydrogen (secondary N) is 1. The summed E-state index contributed by atoms with van der Waals surface area (Å²) >= 11 is 0. The van der Waals surface area contributed by atoms with Crippen LogP contribution in [0.25, 0.3) is 0 Å². The van der Waals surface area contributed by atoms with Gasteiger partial charge in [0, 0.05) is 0 Å². The Labute approximate surface area is 136 Å². The van der Waals surface area contributed by atoms with Crippen molar-refractivity contribution in [2.24, 2.45) is 0 Å². The molecule has 1 aliphatic rings. The van der Waals surface area contributed by atoms with E-state index in [0.717, 1.165) is 18.4 Å².